The van der Waals surface area contributed by atoms with Gasteiger partial charge in [-0.2, -0.15) is 5.01 Å². The minimum atomic E-state index is 0.362. The lowest BCUT2D eigenvalue weighted by Gasteiger charge is -2.17. The SMILES string of the molecule is Nc1c[n+](N2CCCCC2)no1. The first kappa shape index (κ1) is 7.39. The number of piperidine rings is 1. The van der Waals surface area contributed by atoms with Crippen molar-refractivity contribution < 1.29 is 9.31 Å². The Hall–Kier alpha value is -1.26. The third kappa shape index (κ3) is 1.34. The standard InChI is InChI=1S/C7H13N4O/c8-7-6-11(9-12-7)10-4-2-1-3-5-10/h6H,1-5,8H2/q+1. The molecule has 66 valence electrons. The van der Waals surface area contributed by atoms with Crippen LogP contribution in [0.4, 0.5) is 5.88 Å². The number of aromatic nitrogens is 2. The Kier molecular flexibility index (Phi) is 1.85. The smallest absolute Gasteiger partial charge is 0.296 e. The van der Waals surface area contributed by atoms with Gasteiger partial charge in [0.2, 0.25) is 5.27 Å². The number of nitrogens with zero attached hydrogens (tertiary/aromatic N) is 3. The first-order chi connectivity index (χ1) is 5.86. The quantitative estimate of drug-likeness (QED) is 0.585. The number of nitrogen functional groups attached to an aromatic ring is 1. The molecule has 0 saturated carbocycles. The van der Waals surface area contributed by atoms with Crippen LogP contribution in [0.25, 0.3) is 0 Å². The topological polar surface area (TPSA) is 59.2 Å². The van der Waals surface area contributed by atoms with Crippen molar-refractivity contribution in [2.24, 2.45) is 0 Å². The summed E-state index contributed by atoms with van der Waals surface area (Å²) in [5.41, 5.74) is 5.41. The van der Waals surface area contributed by atoms with E-state index < -0.39 is 0 Å². The van der Waals surface area contributed by atoms with E-state index in [1.54, 1.807) is 11.0 Å². The molecule has 0 aromatic carbocycles. The molecule has 0 radical (unpaired) electrons. The Bertz CT molecular complexity index is 254. The second-order valence-corrected chi connectivity index (χ2v) is 3.04. The van der Waals surface area contributed by atoms with Crippen molar-refractivity contribution in [3.8, 4) is 0 Å². The van der Waals surface area contributed by atoms with Gasteiger partial charge >= 0.3 is 0 Å². The average Bonchev–Trinajstić information content (AvgIpc) is 2.54. The molecule has 0 bridgehead atoms. The van der Waals surface area contributed by atoms with Crippen LogP contribution in [0.5, 0.6) is 0 Å². The molecule has 1 aromatic rings. The molecule has 1 aliphatic heterocycles. The average molecular weight is 169 g/mol. The minimum Gasteiger partial charge on any atom is -0.362 e. The molecule has 2 rings (SSSR count). The van der Waals surface area contributed by atoms with E-state index >= 15 is 0 Å². The molecule has 2 heterocycles. The molecule has 0 aliphatic carbocycles. The second-order valence-electron chi connectivity index (χ2n) is 3.04. The summed E-state index contributed by atoms with van der Waals surface area (Å²) in [7, 11) is 0. The van der Waals surface area contributed by atoms with E-state index in [0.717, 1.165) is 13.1 Å². The molecule has 12 heavy (non-hydrogen) atoms. The zero-order valence-electron chi connectivity index (χ0n) is 6.94. The van der Waals surface area contributed by atoms with Crippen LogP contribution in [0.15, 0.2) is 10.7 Å². The molecule has 0 unspecified atom stereocenters. The summed E-state index contributed by atoms with van der Waals surface area (Å²) in [4.78, 5) is 1.69. The van der Waals surface area contributed by atoms with Gasteiger partial charge in [0.1, 0.15) is 0 Å². The van der Waals surface area contributed by atoms with Crippen LogP contribution in [-0.2, 0) is 0 Å². The highest BCUT2D eigenvalue weighted by atomic mass is 16.5. The fourth-order valence-electron chi connectivity index (χ4n) is 1.47. The molecule has 5 heteroatoms. The van der Waals surface area contributed by atoms with Gasteiger partial charge in [0.15, 0.2) is 0 Å². The highest BCUT2D eigenvalue weighted by Gasteiger charge is 2.21. The normalized spacial score (nSPS) is 18.2. The molecule has 0 amide bonds. The van der Waals surface area contributed by atoms with Gasteiger partial charge in [0, 0.05) is 0 Å². The maximum Gasteiger partial charge on any atom is 0.296 e. The monoisotopic (exact) mass is 169 g/mol. The van der Waals surface area contributed by atoms with Crippen molar-refractivity contribution in [3.05, 3.63) is 6.20 Å². The molecular formula is C7H13N4O+. The van der Waals surface area contributed by atoms with Crippen molar-refractivity contribution in [1.82, 2.24) is 5.27 Å². The van der Waals surface area contributed by atoms with Gasteiger partial charge in [-0.15, -0.1) is 0 Å². The van der Waals surface area contributed by atoms with Crippen molar-refractivity contribution in [3.63, 3.8) is 0 Å². The summed E-state index contributed by atoms with van der Waals surface area (Å²) in [5.74, 6) is 0.362. The lowest BCUT2D eigenvalue weighted by molar-refractivity contribution is -0.759. The molecule has 2 N–H and O–H groups in total. The van der Waals surface area contributed by atoms with Crippen LogP contribution in [0.2, 0.25) is 0 Å². The van der Waals surface area contributed by atoms with Crippen molar-refractivity contribution >= 4 is 5.88 Å². The Labute approximate surface area is 70.7 Å². The van der Waals surface area contributed by atoms with E-state index in [0.29, 0.717) is 5.88 Å². The third-order valence-electron chi connectivity index (χ3n) is 2.09. The summed E-state index contributed by atoms with van der Waals surface area (Å²) in [5, 5.41) is 5.91. The predicted molar refractivity (Wildman–Crippen MR) is 42.9 cm³/mol. The number of anilines is 1. The fraction of sp³-hybridized carbons (Fsp3) is 0.714. The first-order valence-corrected chi connectivity index (χ1v) is 4.25. The van der Waals surface area contributed by atoms with Crippen LogP contribution in [0, 0.1) is 0 Å². The van der Waals surface area contributed by atoms with E-state index in [-0.39, 0.29) is 0 Å². The van der Waals surface area contributed by atoms with Gasteiger partial charge in [-0.25, -0.2) is 0 Å². The summed E-state index contributed by atoms with van der Waals surface area (Å²) in [6.45, 7) is 2.08. The Morgan fingerprint density at radius 3 is 2.75 bits per heavy atom. The maximum atomic E-state index is 5.41. The zero-order chi connectivity index (χ0) is 8.39. The van der Waals surface area contributed by atoms with Gasteiger partial charge < -0.3 is 5.73 Å². The van der Waals surface area contributed by atoms with Crippen LogP contribution in [0.3, 0.4) is 0 Å². The van der Waals surface area contributed by atoms with Crippen LogP contribution in [-0.4, -0.2) is 18.4 Å². The molecule has 5 nitrogen and oxygen atoms in total. The minimum absolute atomic E-state index is 0.362. The molecule has 1 aromatic heterocycles. The van der Waals surface area contributed by atoms with E-state index in [9.17, 15) is 0 Å². The Morgan fingerprint density at radius 2 is 2.17 bits per heavy atom. The van der Waals surface area contributed by atoms with Crippen molar-refractivity contribution in [1.29, 1.82) is 0 Å². The molecule has 1 saturated heterocycles. The highest BCUT2D eigenvalue weighted by molar-refractivity contribution is 5.11. The first-order valence-electron chi connectivity index (χ1n) is 4.25. The number of nitrogens with two attached hydrogens (primary N) is 1. The third-order valence-corrected chi connectivity index (χ3v) is 2.09. The number of hydrogen-bond acceptors (Lipinski definition) is 4. The largest absolute Gasteiger partial charge is 0.362 e. The van der Waals surface area contributed by atoms with Crippen LogP contribution >= 0.6 is 0 Å². The van der Waals surface area contributed by atoms with Gasteiger partial charge in [-0.05, 0) is 19.3 Å². The zero-order valence-corrected chi connectivity index (χ0v) is 6.94. The van der Waals surface area contributed by atoms with Crippen molar-refractivity contribution in [2.45, 2.75) is 19.3 Å². The fourth-order valence-corrected chi connectivity index (χ4v) is 1.47. The molecule has 0 spiro atoms. The Balaban J connectivity index is 2.08. The van der Waals surface area contributed by atoms with Crippen LogP contribution in [0.1, 0.15) is 19.3 Å². The maximum absolute atomic E-state index is 5.41. The second kappa shape index (κ2) is 3.00. The van der Waals surface area contributed by atoms with E-state index in [4.69, 9.17) is 10.3 Å². The molecule has 1 fully saturated rings. The van der Waals surface area contributed by atoms with E-state index in [1.165, 1.54) is 19.3 Å². The van der Waals surface area contributed by atoms with Gasteiger partial charge in [0.25, 0.3) is 12.1 Å². The summed E-state index contributed by atoms with van der Waals surface area (Å²) in [6, 6.07) is 0. The van der Waals surface area contributed by atoms with Gasteiger partial charge in [-0.3, -0.25) is 4.52 Å². The predicted octanol–water partition coefficient (Wildman–Crippen LogP) is -0.334. The number of hydrogen-bond donors (Lipinski definition) is 1. The summed E-state index contributed by atoms with van der Waals surface area (Å²) < 4.78 is 4.77. The summed E-state index contributed by atoms with van der Waals surface area (Å²) in [6.07, 6.45) is 5.45. The molecular weight excluding hydrogens is 156 g/mol. The van der Waals surface area contributed by atoms with Crippen molar-refractivity contribution in [2.75, 3.05) is 23.8 Å². The van der Waals surface area contributed by atoms with Gasteiger partial charge in [0.05, 0.1) is 17.9 Å². The lowest BCUT2D eigenvalue weighted by Crippen LogP contribution is -2.60. The Morgan fingerprint density at radius 1 is 1.42 bits per heavy atom. The lowest BCUT2D eigenvalue weighted by atomic mass is 10.2. The van der Waals surface area contributed by atoms with Crippen LogP contribution < -0.4 is 15.5 Å². The highest BCUT2D eigenvalue weighted by Crippen LogP contribution is 2.04. The molecule has 1 aliphatic rings. The van der Waals surface area contributed by atoms with E-state index in [2.05, 4.69) is 10.3 Å². The number of rotatable bonds is 1. The van der Waals surface area contributed by atoms with Gasteiger partial charge in [-0.1, -0.05) is 0 Å². The summed E-state index contributed by atoms with van der Waals surface area (Å²) >= 11 is 0. The van der Waals surface area contributed by atoms with E-state index in [1.807, 2.05) is 0 Å². The molecule has 0 atom stereocenters.